The summed E-state index contributed by atoms with van der Waals surface area (Å²) in [6, 6.07) is 19.7. The normalized spacial score (nSPS) is 12.5. The summed E-state index contributed by atoms with van der Waals surface area (Å²) in [6.07, 6.45) is 0.780. The highest BCUT2D eigenvalue weighted by Crippen LogP contribution is 2.35. The summed E-state index contributed by atoms with van der Waals surface area (Å²) < 4.78 is 0. The molecule has 2 amide bonds. The molecular weight excluding hydrogens is 511 g/mol. The van der Waals surface area contributed by atoms with Gasteiger partial charge in [-0.05, 0) is 59.0 Å². The van der Waals surface area contributed by atoms with Crippen LogP contribution in [-0.2, 0) is 13.0 Å². The van der Waals surface area contributed by atoms with Gasteiger partial charge in [-0.25, -0.2) is 0 Å². The standard InChI is InChI=1S/C26H17Cl3N2O2S/c27-19-5-3-6-20(28)24(19)25(32)30-17-8-9-18(21(29)13-17)26(33)31-14-23-16(10-11-34-23)12-15-4-1-2-7-22(15)31/h1-11,13H,12,14H2,(H,30,32). The first-order valence-electron chi connectivity index (χ1n) is 10.4. The van der Waals surface area contributed by atoms with E-state index in [2.05, 4.69) is 16.8 Å². The number of halogens is 3. The molecule has 0 bridgehead atoms. The average molecular weight is 528 g/mol. The Kier molecular flexibility index (Phi) is 6.36. The Morgan fingerprint density at radius 2 is 1.62 bits per heavy atom. The molecule has 4 nitrogen and oxygen atoms in total. The van der Waals surface area contributed by atoms with Gasteiger partial charge in [0.25, 0.3) is 11.8 Å². The molecule has 1 aliphatic heterocycles. The number of anilines is 2. The molecule has 2 heterocycles. The van der Waals surface area contributed by atoms with Crippen LogP contribution in [-0.4, -0.2) is 11.8 Å². The van der Waals surface area contributed by atoms with Crippen LogP contribution in [0.5, 0.6) is 0 Å². The predicted molar refractivity (Wildman–Crippen MR) is 140 cm³/mol. The first-order valence-corrected chi connectivity index (χ1v) is 12.4. The van der Waals surface area contributed by atoms with Crippen molar-refractivity contribution in [2.24, 2.45) is 0 Å². The summed E-state index contributed by atoms with van der Waals surface area (Å²) in [5, 5.41) is 5.53. The van der Waals surface area contributed by atoms with E-state index < -0.39 is 5.91 Å². The number of nitrogens with zero attached hydrogens (tertiary/aromatic N) is 1. The van der Waals surface area contributed by atoms with Gasteiger partial charge < -0.3 is 10.2 Å². The quantitative estimate of drug-likeness (QED) is 0.297. The average Bonchev–Trinajstić information content (AvgIpc) is 3.17. The van der Waals surface area contributed by atoms with Gasteiger partial charge in [0.2, 0.25) is 0 Å². The Balaban J connectivity index is 1.44. The highest BCUT2D eigenvalue weighted by Gasteiger charge is 2.27. The summed E-state index contributed by atoms with van der Waals surface area (Å²) in [5.74, 6) is -0.664. The SMILES string of the molecule is O=C(Nc1ccc(C(=O)N2Cc3sccc3Cc3ccccc32)c(Cl)c1)c1c(Cl)cccc1Cl. The van der Waals surface area contributed by atoms with E-state index in [1.807, 2.05) is 24.3 Å². The van der Waals surface area contributed by atoms with Gasteiger partial charge in [-0.3, -0.25) is 9.59 Å². The third-order valence-electron chi connectivity index (χ3n) is 5.70. The van der Waals surface area contributed by atoms with Crippen LogP contribution in [0, 0.1) is 0 Å². The monoisotopic (exact) mass is 526 g/mol. The molecule has 1 aliphatic rings. The molecule has 34 heavy (non-hydrogen) atoms. The molecule has 5 rings (SSSR count). The summed E-state index contributed by atoms with van der Waals surface area (Å²) in [6.45, 7) is 0.475. The van der Waals surface area contributed by atoms with Crippen molar-refractivity contribution in [3.63, 3.8) is 0 Å². The summed E-state index contributed by atoms with van der Waals surface area (Å²) >= 11 is 20.5. The molecule has 0 radical (unpaired) electrons. The van der Waals surface area contributed by atoms with Gasteiger partial charge in [0.1, 0.15) is 0 Å². The molecule has 4 aromatic rings. The van der Waals surface area contributed by atoms with Gasteiger partial charge in [-0.2, -0.15) is 0 Å². The van der Waals surface area contributed by atoms with Gasteiger partial charge in [0.15, 0.2) is 0 Å². The van der Waals surface area contributed by atoms with Crippen molar-refractivity contribution in [3.8, 4) is 0 Å². The Bertz CT molecular complexity index is 1410. The number of hydrogen-bond acceptors (Lipinski definition) is 3. The molecule has 0 aliphatic carbocycles. The van der Waals surface area contributed by atoms with Crippen molar-refractivity contribution in [3.05, 3.63) is 114 Å². The number of para-hydroxylation sites is 1. The smallest absolute Gasteiger partial charge is 0.260 e. The Labute approximate surface area is 215 Å². The van der Waals surface area contributed by atoms with Crippen molar-refractivity contribution < 1.29 is 9.59 Å². The first kappa shape index (κ1) is 22.9. The number of rotatable bonds is 3. The van der Waals surface area contributed by atoms with E-state index in [9.17, 15) is 9.59 Å². The highest BCUT2D eigenvalue weighted by atomic mass is 35.5. The van der Waals surface area contributed by atoms with Gasteiger partial charge in [-0.15, -0.1) is 11.3 Å². The van der Waals surface area contributed by atoms with E-state index in [1.165, 1.54) is 5.56 Å². The van der Waals surface area contributed by atoms with Crippen LogP contribution < -0.4 is 10.2 Å². The number of fused-ring (bicyclic) bond motifs is 2. The second-order valence-corrected chi connectivity index (χ2v) is 10.0. The van der Waals surface area contributed by atoms with E-state index in [4.69, 9.17) is 34.8 Å². The van der Waals surface area contributed by atoms with E-state index in [-0.39, 0.29) is 26.5 Å². The zero-order valence-electron chi connectivity index (χ0n) is 17.6. The fraction of sp³-hybridized carbons (Fsp3) is 0.0769. The van der Waals surface area contributed by atoms with Crippen LogP contribution in [0.1, 0.15) is 36.7 Å². The molecule has 1 aromatic heterocycles. The van der Waals surface area contributed by atoms with E-state index >= 15 is 0 Å². The predicted octanol–water partition coefficient (Wildman–Crippen LogP) is 7.71. The molecule has 0 fully saturated rings. The molecule has 0 unspecified atom stereocenters. The van der Waals surface area contributed by atoms with Gasteiger partial charge in [0.05, 0.1) is 32.7 Å². The zero-order chi connectivity index (χ0) is 23.8. The number of nitrogens with one attached hydrogen (secondary N) is 1. The van der Waals surface area contributed by atoms with Gasteiger partial charge in [-0.1, -0.05) is 59.1 Å². The van der Waals surface area contributed by atoms with Crippen LogP contribution in [0.4, 0.5) is 11.4 Å². The maximum Gasteiger partial charge on any atom is 0.260 e. The zero-order valence-corrected chi connectivity index (χ0v) is 20.7. The molecule has 0 saturated heterocycles. The second-order valence-electron chi connectivity index (χ2n) is 7.81. The van der Waals surface area contributed by atoms with Gasteiger partial charge >= 0.3 is 0 Å². The van der Waals surface area contributed by atoms with Crippen LogP contribution in [0.3, 0.4) is 0 Å². The summed E-state index contributed by atoms with van der Waals surface area (Å²) in [4.78, 5) is 29.3. The maximum atomic E-state index is 13.6. The number of benzene rings is 3. The lowest BCUT2D eigenvalue weighted by molar-refractivity contribution is 0.0984. The van der Waals surface area contributed by atoms with Crippen molar-refractivity contribution >= 4 is 69.3 Å². The molecule has 8 heteroatoms. The number of carbonyl (C=O) groups excluding carboxylic acids is 2. The van der Waals surface area contributed by atoms with E-state index in [0.717, 1.165) is 22.5 Å². The molecule has 3 aromatic carbocycles. The lowest BCUT2D eigenvalue weighted by Gasteiger charge is -2.23. The number of thiophene rings is 1. The van der Waals surface area contributed by atoms with Crippen LogP contribution in [0.15, 0.2) is 72.1 Å². The third kappa shape index (κ3) is 4.32. The number of hydrogen-bond donors (Lipinski definition) is 1. The minimum Gasteiger partial charge on any atom is -0.322 e. The van der Waals surface area contributed by atoms with Crippen molar-refractivity contribution in [1.29, 1.82) is 0 Å². The minimum atomic E-state index is -0.461. The largest absolute Gasteiger partial charge is 0.322 e. The Morgan fingerprint density at radius 1 is 0.853 bits per heavy atom. The molecule has 1 N–H and O–H groups in total. The van der Waals surface area contributed by atoms with E-state index in [1.54, 1.807) is 52.6 Å². The van der Waals surface area contributed by atoms with Crippen LogP contribution in [0.2, 0.25) is 15.1 Å². The van der Waals surface area contributed by atoms with Crippen LogP contribution in [0.25, 0.3) is 0 Å². The molecule has 0 saturated carbocycles. The van der Waals surface area contributed by atoms with Crippen molar-refractivity contribution in [1.82, 2.24) is 0 Å². The highest BCUT2D eigenvalue weighted by molar-refractivity contribution is 7.10. The maximum absolute atomic E-state index is 13.6. The Hall–Kier alpha value is -2.83. The van der Waals surface area contributed by atoms with Crippen molar-refractivity contribution in [2.75, 3.05) is 10.2 Å². The third-order valence-corrected chi connectivity index (χ3v) is 7.59. The fourth-order valence-electron chi connectivity index (χ4n) is 4.02. The summed E-state index contributed by atoms with van der Waals surface area (Å²) in [7, 11) is 0. The number of carbonyl (C=O) groups is 2. The lowest BCUT2D eigenvalue weighted by Crippen LogP contribution is -2.30. The number of amides is 2. The molecule has 0 atom stereocenters. The minimum absolute atomic E-state index is 0.176. The van der Waals surface area contributed by atoms with Gasteiger partial charge in [0, 0.05) is 22.7 Å². The van der Waals surface area contributed by atoms with Crippen molar-refractivity contribution in [2.45, 2.75) is 13.0 Å². The Morgan fingerprint density at radius 3 is 2.38 bits per heavy atom. The first-order chi connectivity index (χ1) is 16.4. The lowest BCUT2D eigenvalue weighted by atomic mass is 10.1. The fourth-order valence-corrected chi connectivity index (χ4v) is 5.74. The second kappa shape index (κ2) is 9.43. The topological polar surface area (TPSA) is 49.4 Å². The molecule has 170 valence electrons. The summed E-state index contributed by atoms with van der Waals surface area (Å²) in [5.41, 5.74) is 4.15. The van der Waals surface area contributed by atoms with Crippen LogP contribution >= 0.6 is 46.1 Å². The molecular formula is C26H17Cl3N2O2S. The van der Waals surface area contributed by atoms with E-state index in [0.29, 0.717) is 17.8 Å². The molecule has 0 spiro atoms.